The van der Waals surface area contributed by atoms with E-state index in [1.807, 2.05) is 6.92 Å². The molecule has 0 unspecified atom stereocenters. The van der Waals surface area contributed by atoms with Gasteiger partial charge in [-0.25, -0.2) is 0 Å². The van der Waals surface area contributed by atoms with Crippen molar-refractivity contribution in [3.8, 4) is 0 Å². The Kier molecular flexibility index (Phi) is 8.02. The van der Waals surface area contributed by atoms with Crippen molar-refractivity contribution in [3.63, 3.8) is 0 Å². The second-order valence-corrected chi connectivity index (χ2v) is 2.93. The maximum absolute atomic E-state index is 5.13. The van der Waals surface area contributed by atoms with E-state index in [1.54, 1.807) is 0 Å². The van der Waals surface area contributed by atoms with Gasteiger partial charge < -0.3 is 4.43 Å². The van der Waals surface area contributed by atoms with Gasteiger partial charge in [0.2, 0.25) is 9.76 Å². The molecule has 0 bridgehead atoms. The van der Waals surface area contributed by atoms with E-state index in [4.69, 9.17) is 4.43 Å². The van der Waals surface area contributed by atoms with Crippen LogP contribution < -0.4 is 0 Å². The highest BCUT2D eigenvalue weighted by atomic mass is 32.1. The molecule has 0 heterocycles. The highest BCUT2D eigenvalue weighted by molar-refractivity contribution is 7.80. The number of hydrogen-bond acceptors (Lipinski definition) is 2. The predicted octanol–water partition coefficient (Wildman–Crippen LogP) is 1.38. The maximum Gasteiger partial charge on any atom is 0.229 e. The van der Waals surface area contributed by atoms with Crippen LogP contribution in [0.25, 0.3) is 0 Å². The Balaban J connectivity index is 2.53. The fourth-order valence-electron chi connectivity index (χ4n) is 0.325. The first kappa shape index (κ1) is 8.53. The van der Waals surface area contributed by atoms with Crippen molar-refractivity contribution in [2.75, 3.05) is 12.4 Å². The van der Waals surface area contributed by atoms with Crippen LogP contribution >= 0.6 is 12.6 Å². The van der Waals surface area contributed by atoms with E-state index in [0.29, 0.717) is 9.76 Å². The van der Waals surface area contributed by atoms with Crippen LogP contribution in [0.3, 0.4) is 0 Å². The molecule has 3 heteroatoms. The quantitative estimate of drug-likeness (QED) is 0.352. The Bertz CT molecular complexity index is 37.4. The third kappa shape index (κ3) is 6.53. The molecule has 0 aromatic rings. The molecule has 0 saturated carbocycles. The van der Waals surface area contributed by atoms with E-state index in [9.17, 15) is 0 Å². The Hall–Kier alpha value is 0.527. The zero-order chi connectivity index (χ0) is 6.24. The molecule has 0 saturated heterocycles. The SMILES string of the molecule is CCO[Si]CCCS. The van der Waals surface area contributed by atoms with Gasteiger partial charge in [-0.1, -0.05) is 0 Å². The lowest BCUT2D eigenvalue weighted by Gasteiger charge is -1.94. The monoisotopic (exact) mass is 148 g/mol. The standard InChI is InChI=1S/C5H12OSSi/c1-2-6-8-5-3-4-7/h7H,2-5H2,1H3. The summed E-state index contributed by atoms with van der Waals surface area (Å²) < 4.78 is 5.13. The van der Waals surface area contributed by atoms with Crippen LogP contribution in [0.4, 0.5) is 0 Å². The van der Waals surface area contributed by atoms with Crippen LogP contribution in [-0.4, -0.2) is 22.1 Å². The van der Waals surface area contributed by atoms with Crippen molar-refractivity contribution in [3.05, 3.63) is 0 Å². The largest absolute Gasteiger partial charge is 0.418 e. The Morgan fingerprint density at radius 1 is 1.62 bits per heavy atom. The number of thiol groups is 1. The normalized spacial score (nSPS) is 9.75. The second-order valence-electron chi connectivity index (χ2n) is 1.40. The Morgan fingerprint density at radius 3 is 2.88 bits per heavy atom. The van der Waals surface area contributed by atoms with E-state index >= 15 is 0 Å². The smallest absolute Gasteiger partial charge is 0.229 e. The summed E-state index contributed by atoms with van der Waals surface area (Å²) in [6.45, 7) is 2.87. The van der Waals surface area contributed by atoms with Gasteiger partial charge in [0, 0.05) is 6.61 Å². The van der Waals surface area contributed by atoms with Crippen molar-refractivity contribution in [2.45, 2.75) is 19.4 Å². The van der Waals surface area contributed by atoms with Crippen molar-refractivity contribution in [1.82, 2.24) is 0 Å². The lowest BCUT2D eigenvalue weighted by atomic mass is 10.6. The molecule has 48 valence electrons. The summed E-state index contributed by atoms with van der Waals surface area (Å²) >= 11 is 4.07. The van der Waals surface area contributed by atoms with Gasteiger partial charge in [-0.3, -0.25) is 0 Å². The van der Waals surface area contributed by atoms with Gasteiger partial charge in [0.15, 0.2) is 0 Å². The molecular formula is C5H12OSSi. The molecule has 8 heavy (non-hydrogen) atoms. The van der Waals surface area contributed by atoms with Gasteiger partial charge >= 0.3 is 0 Å². The van der Waals surface area contributed by atoms with Crippen molar-refractivity contribution in [2.24, 2.45) is 0 Å². The minimum Gasteiger partial charge on any atom is -0.418 e. The van der Waals surface area contributed by atoms with E-state index in [0.717, 1.165) is 12.4 Å². The zero-order valence-corrected chi connectivity index (χ0v) is 7.08. The van der Waals surface area contributed by atoms with Gasteiger partial charge in [-0.15, -0.1) is 0 Å². The van der Waals surface area contributed by atoms with Gasteiger partial charge in [-0.05, 0) is 25.1 Å². The van der Waals surface area contributed by atoms with Gasteiger partial charge in [0.25, 0.3) is 0 Å². The summed E-state index contributed by atoms with van der Waals surface area (Å²) in [5.41, 5.74) is 0. The summed E-state index contributed by atoms with van der Waals surface area (Å²) in [6.07, 6.45) is 1.18. The van der Waals surface area contributed by atoms with E-state index in [1.165, 1.54) is 12.5 Å². The molecule has 0 amide bonds. The molecule has 0 N–H and O–H groups in total. The lowest BCUT2D eigenvalue weighted by Crippen LogP contribution is -1.96. The minimum atomic E-state index is 0.690. The second kappa shape index (κ2) is 7.53. The first-order chi connectivity index (χ1) is 3.91. The number of hydrogen-bond donors (Lipinski definition) is 1. The van der Waals surface area contributed by atoms with E-state index < -0.39 is 0 Å². The summed E-state index contributed by atoms with van der Waals surface area (Å²) in [4.78, 5) is 0. The van der Waals surface area contributed by atoms with E-state index in [2.05, 4.69) is 12.6 Å². The molecule has 0 atom stereocenters. The molecule has 0 aliphatic rings. The maximum atomic E-state index is 5.13. The van der Waals surface area contributed by atoms with Crippen molar-refractivity contribution in [1.29, 1.82) is 0 Å². The fourth-order valence-corrected chi connectivity index (χ4v) is 1.45. The minimum absolute atomic E-state index is 0.690. The molecule has 0 fully saturated rings. The molecule has 1 nitrogen and oxygen atoms in total. The summed E-state index contributed by atoms with van der Waals surface area (Å²) in [5.74, 6) is 0.986. The summed E-state index contributed by atoms with van der Waals surface area (Å²) in [7, 11) is 0.690. The number of rotatable bonds is 5. The average molecular weight is 148 g/mol. The third-order valence-electron chi connectivity index (χ3n) is 0.683. The summed E-state index contributed by atoms with van der Waals surface area (Å²) in [6, 6.07) is 1.18. The summed E-state index contributed by atoms with van der Waals surface area (Å²) in [5, 5.41) is 0. The highest BCUT2D eigenvalue weighted by Crippen LogP contribution is 1.90. The van der Waals surface area contributed by atoms with Gasteiger partial charge in [0.05, 0.1) is 0 Å². The fraction of sp³-hybridized carbons (Fsp3) is 1.00. The van der Waals surface area contributed by atoms with Crippen LogP contribution in [-0.2, 0) is 4.43 Å². The Labute approximate surface area is 59.2 Å². The zero-order valence-electron chi connectivity index (χ0n) is 5.18. The topological polar surface area (TPSA) is 9.23 Å². The third-order valence-corrected chi connectivity index (χ3v) is 2.05. The molecule has 0 aromatic carbocycles. The molecule has 0 aliphatic carbocycles. The Morgan fingerprint density at radius 2 is 2.38 bits per heavy atom. The molecule has 0 spiro atoms. The predicted molar refractivity (Wildman–Crippen MR) is 40.7 cm³/mol. The highest BCUT2D eigenvalue weighted by Gasteiger charge is 1.86. The van der Waals surface area contributed by atoms with Crippen LogP contribution in [0.15, 0.2) is 0 Å². The molecule has 0 aromatic heterocycles. The van der Waals surface area contributed by atoms with Crippen LogP contribution in [0, 0.1) is 0 Å². The molecular weight excluding hydrogens is 136 g/mol. The van der Waals surface area contributed by atoms with Crippen molar-refractivity contribution < 1.29 is 4.43 Å². The molecule has 0 aliphatic heterocycles. The first-order valence-electron chi connectivity index (χ1n) is 2.87. The van der Waals surface area contributed by atoms with Gasteiger partial charge in [0.1, 0.15) is 0 Å². The van der Waals surface area contributed by atoms with Crippen LogP contribution in [0.2, 0.25) is 6.04 Å². The van der Waals surface area contributed by atoms with Crippen LogP contribution in [0.5, 0.6) is 0 Å². The molecule has 0 rings (SSSR count). The lowest BCUT2D eigenvalue weighted by molar-refractivity contribution is 0.359. The van der Waals surface area contributed by atoms with Crippen molar-refractivity contribution >= 4 is 22.4 Å². The van der Waals surface area contributed by atoms with E-state index in [-0.39, 0.29) is 0 Å². The van der Waals surface area contributed by atoms with Gasteiger partial charge in [-0.2, -0.15) is 12.6 Å². The molecule has 2 radical (unpaired) electrons. The average Bonchev–Trinajstić information content (AvgIpc) is 1.81. The first-order valence-corrected chi connectivity index (χ1v) is 4.62. The van der Waals surface area contributed by atoms with Crippen LogP contribution in [0.1, 0.15) is 13.3 Å².